The number of aliphatic hydroxyl groups excluding tert-OH is 2. The molecule has 4 rings (SSSR count). The Morgan fingerprint density at radius 3 is 1.48 bits per heavy atom. The maximum Gasteiger partial charge on any atom is 0.328 e. The molecule has 17 N–H and O–H groups in total. The lowest BCUT2D eigenvalue weighted by atomic mass is 10.0. The fourth-order valence-corrected chi connectivity index (χ4v) is 7.03. The predicted molar refractivity (Wildman–Crippen MR) is 244 cm³/mol. The molecule has 9 unspecified atom stereocenters. The molecule has 0 fully saturated rings. The van der Waals surface area contributed by atoms with Crippen molar-refractivity contribution in [3.8, 4) is 0 Å². The lowest BCUT2D eigenvalue weighted by Crippen LogP contribution is -2.61. The molecule has 0 radical (unpaired) electrons. The molecule has 25 nitrogen and oxygen atoms in total. The maximum atomic E-state index is 14.1. The number of aromatic amines is 2. The number of amides is 8. The standard InChI is InChI=1S/C44H57N11O14/c1-20(45)37(61)51-32(16-35(59)60)42(66)52-31(15-24-18-48-28-11-7-5-9-26(24)28)41(65)54-33(19-56)43(67)53-30(14-23-17-47-27-10-6-4-8-25(23)27)40(64)49-21(2)38(62)50-29(12-13-34(46)58)39(63)55-36(22(3)57)44(68)69/h4-11,17-18,20-22,29-33,36,47-48,56-57H,12-16,19,45H2,1-3H3,(H2,46,58)(H,49,64)(H,50,62)(H,51,61)(H,52,66)(H,53,67)(H,54,65)(H,55,63)(H,59,60)(H,68,69). The number of para-hydroxylation sites is 2. The van der Waals surface area contributed by atoms with E-state index < -0.39 is 140 Å². The Hall–Kier alpha value is -7.90. The molecule has 2 aromatic carbocycles. The van der Waals surface area contributed by atoms with Crippen molar-refractivity contribution in [1.82, 2.24) is 47.2 Å². The van der Waals surface area contributed by atoms with Crippen molar-refractivity contribution in [2.45, 2.75) is 107 Å². The summed E-state index contributed by atoms with van der Waals surface area (Å²) in [5.41, 5.74) is 13.2. The Labute approximate surface area is 393 Å². The fourth-order valence-electron chi connectivity index (χ4n) is 7.03. The van der Waals surface area contributed by atoms with Crippen molar-refractivity contribution >= 4 is 81.0 Å². The molecular formula is C44H57N11O14. The van der Waals surface area contributed by atoms with Crippen LogP contribution in [0.5, 0.6) is 0 Å². The summed E-state index contributed by atoms with van der Waals surface area (Å²) < 4.78 is 0. The van der Waals surface area contributed by atoms with Gasteiger partial charge in [0.15, 0.2) is 6.04 Å². The number of nitrogens with one attached hydrogen (secondary N) is 9. The van der Waals surface area contributed by atoms with Crippen molar-refractivity contribution < 1.29 is 68.4 Å². The third-order valence-electron chi connectivity index (χ3n) is 10.8. The zero-order valence-electron chi connectivity index (χ0n) is 37.7. The van der Waals surface area contributed by atoms with Gasteiger partial charge in [-0.25, -0.2) is 4.79 Å². The molecular weight excluding hydrogens is 907 g/mol. The summed E-state index contributed by atoms with van der Waals surface area (Å²) in [4.78, 5) is 136. The molecule has 25 heteroatoms. The van der Waals surface area contributed by atoms with E-state index in [-0.39, 0.29) is 12.8 Å². The summed E-state index contributed by atoms with van der Waals surface area (Å²) in [7, 11) is 0. The predicted octanol–water partition coefficient (Wildman–Crippen LogP) is -3.61. The summed E-state index contributed by atoms with van der Waals surface area (Å²) in [5, 5.41) is 57.0. The number of carbonyl (C=O) groups is 10. The van der Waals surface area contributed by atoms with Crippen molar-refractivity contribution in [2.24, 2.45) is 11.5 Å². The van der Waals surface area contributed by atoms with Gasteiger partial charge in [0, 0.05) is 53.5 Å². The average Bonchev–Trinajstić information content (AvgIpc) is 3.90. The second-order valence-electron chi connectivity index (χ2n) is 16.3. The highest BCUT2D eigenvalue weighted by Crippen LogP contribution is 2.21. The maximum absolute atomic E-state index is 14.1. The number of aliphatic hydroxyl groups is 2. The molecule has 0 aliphatic carbocycles. The normalized spacial score (nSPS) is 15.1. The molecule has 4 aromatic rings. The average molecular weight is 964 g/mol. The minimum absolute atomic E-state index is 0.237. The van der Waals surface area contributed by atoms with E-state index in [0.717, 1.165) is 6.92 Å². The van der Waals surface area contributed by atoms with E-state index >= 15 is 0 Å². The quantitative estimate of drug-likeness (QED) is 0.0289. The van der Waals surface area contributed by atoms with Crippen LogP contribution in [0.4, 0.5) is 0 Å². The summed E-state index contributed by atoms with van der Waals surface area (Å²) in [6.45, 7) is 2.58. The van der Waals surface area contributed by atoms with E-state index in [0.29, 0.717) is 32.9 Å². The SMILES string of the molecule is CC(N)C(=O)NC(CC(=O)O)C(=O)NC(Cc1c[nH]c2ccccc12)C(=O)NC(CO)C(=O)NC(Cc1c[nH]c2ccccc12)C(=O)NC(C)C(=O)NC(CCC(N)=O)C(=O)NC(C(=O)O)C(C)O. The van der Waals surface area contributed by atoms with E-state index in [4.69, 9.17) is 11.5 Å². The van der Waals surface area contributed by atoms with Gasteiger partial charge in [0.25, 0.3) is 0 Å². The van der Waals surface area contributed by atoms with E-state index in [2.05, 4.69) is 47.2 Å². The van der Waals surface area contributed by atoms with Crippen LogP contribution in [-0.2, 0) is 60.8 Å². The van der Waals surface area contributed by atoms with Gasteiger partial charge in [-0.1, -0.05) is 36.4 Å². The monoisotopic (exact) mass is 963 g/mol. The zero-order valence-corrected chi connectivity index (χ0v) is 37.7. The highest BCUT2D eigenvalue weighted by molar-refractivity contribution is 5.99. The number of primary amides is 1. The number of rotatable bonds is 26. The molecule has 0 bridgehead atoms. The first-order chi connectivity index (χ1) is 32.6. The van der Waals surface area contributed by atoms with Gasteiger partial charge < -0.3 is 79.1 Å². The minimum Gasteiger partial charge on any atom is -0.481 e. The molecule has 69 heavy (non-hydrogen) atoms. The van der Waals surface area contributed by atoms with Crippen molar-refractivity contribution in [3.63, 3.8) is 0 Å². The summed E-state index contributed by atoms with van der Waals surface area (Å²) in [6, 6.07) is 1.37. The van der Waals surface area contributed by atoms with E-state index in [1.54, 1.807) is 60.9 Å². The molecule has 0 aliphatic heterocycles. The lowest BCUT2D eigenvalue weighted by molar-refractivity contribution is -0.145. The Morgan fingerprint density at radius 1 is 0.580 bits per heavy atom. The van der Waals surface area contributed by atoms with Crippen molar-refractivity contribution in [3.05, 3.63) is 72.1 Å². The van der Waals surface area contributed by atoms with Crippen LogP contribution < -0.4 is 48.7 Å². The van der Waals surface area contributed by atoms with Crippen molar-refractivity contribution in [1.29, 1.82) is 0 Å². The molecule has 2 heterocycles. The minimum atomic E-state index is -1.80. The number of hydrogen-bond acceptors (Lipinski definition) is 13. The van der Waals surface area contributed by atoms with Crippen molar-refractivity contribution in [2.75, 3.05) is 6.61 Å². The molecule has 0 spiro atoms. The number of fused-ring (bicyclic) bond motifs is 2. The van der Waals surface area contributed by atoms with Crippen LogP contribution in [0.1, 0.15) is 51.2 Å². The van der Waals surface area contributed by atoms with Crippen LogP contribution in [0, 0.1) is 0 Å². The molecule has 0 saturated heterocycles. The van der Waals surface area contributed by atoms with Crippen LogP contribution in [0.3, 0.4) is 0 Å². The van der Waals surface area contributed by atoms with Gasteiger partial charge in [-0.3, -0.25) is 43.2 Å². The Bertz CT molecular complexity index is 2540. The Balaban J connectivity index is 1.59. The van der Waals surface area contributed by atoms with Gasteiger partial charge in [0.05, 0.1) is 25.2 Å². The molecule has 2 aromatic heterocycles. The first-order valence-corrected chi connectivity index (χ1v) is 21.6. The highest BCUT2D eigenvalue weighted by Gasteiger charge is 2.35. The fraction of sp³-hybridized carbons (Fsp3) is 0.409. The number of H-pyrrole nitrogens is 2. The summed E-state index contributed by atoms with van der Waals surface area (Å²) >= 11 is 0. The van der Waals surface area contributed by atoms with E-state index in [1.165, 1.54) is 13.8 Å². The van der Waals surface area contributed by atoms with Gasteiger partial charge in [0.1, 0.15) is 36.3 Å². The number of carboxylic acids is 2. The van der Waals surface area contributed by atoms with Gasteiger partial charge in [-0.2, -0.15) is 0 Å². The highest BCUT2D eigenvalue weighted by atomic mass is 16.4. The van der Waals surface area contributed by atoms with E-state index in [9.17, 15) is 68.4 Å². The molecule has 8 amide bonds. The number of aromatic nitrogens is 2. The number of aliphatic carboxylic acids is 2. The number of hydrogen-bond donors (Lipinski definition) is 15. The molecule has 9 atom stereocenters. The largest absolute Gasteiger partial charge is 0.481 e. The molecule has 372 valence electrons. The number of carboxylic acid groups (broad SMARTS) is 2. The number of benzene rings is 2. The van der Waals surface area contributed by atoms with Crippen LogP contribution in [0.2, 0.25) is 0 Å². The Morgan fingerprint density at radius 2 is 1.01 bits per heavy atom. The van der Waals surface area contributed by atoms with Gasteiger partial charge in [-0.15, -0.1) is 0 Å². The molecule has 0 aliphatic rings. The van der Waals surface area contributed by atoms with Crippen LogP contribution in [0.25, 0.3) is 21.8 Å². The second kappa shape index (κ2) is 24.7. The van der Waals surface area contributed by atoms with Crippen LogP contribution in [0.15, 0.2) is 60.9 Å². The lowest BCUT2D eigenvalue weighted by Gasteiger charge is -2.27. The first kappa shape index (κ1) is 53.7. The van der Waals surface area contributed by atoms with Gasteiger partial charge in [-0.05, 0) is 50.5 Å². The van der Waals surface area contributed by atoms with Gasteiger partial charge >= 0.3 is 11.9 Å². The zero-order chi connectivity index (χ0) is 51.1. The molecule has 0 saturated carbocycles. The van der Waals surface area contributed by atoms with Gasteiger partial charge in [0.2, 0.25) is 47.3 Å². The third-order valence-corrected chi connectivity index (χ3v) is 10.8. The Kier molecular flexibility index (Phi) is 19.3. The first-order valence-electron chi connectivity index (χ1n) is 21.6. The topological polar surface area (TPSA) is 419 Å². The number of carbonyl (C=O) groups excluding carboxylic acids is 8. The van der Waals surface area contributed by atoms with Crippen LogP contribution >= 0.6 is 0 Å². The second-order valence-corrected chi connectivity index (χ2v) is 16.3. The number of nitrogens with two attached hydrogens (primary N) is 2. The smallest absolute Gasteiger partial charge is 0.328 e. The van der Waals surface area contributed by atoms with E-state index in [1.807, 2.05) is 0 Å². The summed E-state index contributed by atoms with van der Waals surface area (Å²) in [5.74, 6) is -11.1. The summed E-state index contributed by atoms with van der Waals surface area (Å²) in [6.07, 6.45) is -0.624. The van der Waals surface area contributed by atoms with Crippen LogP contribution in [-0.4, -0.2) is 151 Å². The third kappa shape index (κ3) is 15.3.